The summed E-state index contributed by atoms with van der Waals surface area (Å²) >= 11 is 6.05. The molecule has 2 heterocycles. The largest absolute Gasteiger partial charge is 0.383 e. The Balaban J connectivity index is 2.37. The quantitative estimate of drug-likeness (QED) is 0.806. The second-order valence-electron chi connectivity index (χ2n) is 4.31. The smallest absolute Gasteiger partial charge is 0.157 e. The lowest BCUT2D eigenvalue weighted by atomic mass is 10.1. The lowest BCUT2D eigenvalue weighted by molar-refractivity contribution is 0.544. The van der Waals surface area contributed by atoms with Gasteiger partial charge < -0.3 is 10.2 Å². The third-order valence-electron chi connectivity index (χ3n) is 3.44. The van der Waals surface area contributed by atoms with Gasteiger partial charge in [0, 0.05) is 19.6 Å². The van der Waals surface area contributed by atoms with Crippen LogP contribution in [0.2, 0.25) is 5.15 Å². The van der Waals surface area contributed by atoms with E-state index in [-0.39, 0.29) is 0 Å². The number of aromatic nitrogens is 2. The predicted molar refractivity (Wildman–Crippen MR) is 67.2 cm³/mol. The van der Waals surface area contributed by atoms with Crippen molar-refractivity contribution in [2.45, 2.75) is 26.3 Å². The van der Waals surface area contributed by atoms with E-state index >= 15 is 0 Å². The van der Waals surface area contributed by atoms with Gasteiger partial charge in [0.2, 0.25) is 0 Å². The third-order valence-corrected chi connectivity index (χ3v) is 3.73. The number of nitrogens with one attached hydrogen (secondary N) is 1. The molecule has 1 aromatic heterocycles. The molecule has 0 radical (unpaired) electrons. The molecule has 1 saturated heterocycles. The van der Waals surface area contributed by atoms with E-state index in [4.69, 9.17) is 11.6 Å². The Labute approximate surface area is 101 Å². The van der Waals surface area contributed by atoms with Gasteiger partial charge in [-0.2, -0.15) is 0 Å². The van der Waals surface area contributed by atoms with Gasteiger partial charge in [0.05, 0.1) is 0 Å². The van der Waals surface area contributed by atoms with Crippen molar-refractivity contribution in [3.05, 3.63) is 11.5 Å². The number of hydrogen-bond donors (Lipinski definition) is 1. The van der Waals surface area contributed by atoms with Crippen molar-refractivity contribution in [1.29, 1.82) is 0 Å². The lowest BCUT2D eigenvalue weighted by Crippen LogP contribution is -2.30. The van der Waals surface area contributed by atoms with Crippen LogP contribution in [0, 0.1) is 5.92 Å². The summed E-state index contributed by atoms with van der Waals surface area (Å²) in [6.45, 7) is 5.53. The molecule has 1 aromatic rings. The van der Waals surface area contributed by atoms with Gasteiger partial charge in [-0.15, -0.1) is 0 Å². The number of rotatable bonds is 2. The van der Waals surface area contributed by atoms with Gasteiger partial charge in [-0.1, -0.05) is 18.5 Å². The minimum Gasteiger partial charge on any atom is -0.383 e. The van der Waals surface area contributed by atoms with Crippen LogP contribution in [0.5, 0.6) is 0 Å². The predicted octanol–water partition coefficient (Wildman–Crippen LogP) is 2.41. The van der Waals surface area contributed by atoms with Crippen molar-refractivity contribution in [2.24, 2.45) is 5.92 Å². The van der Waals surface area contributed by atoms with Crippen LogP contribution in [0.1, 0.15) is 20.3 Å². The highest BCUT2D eigenvalue weighted by molar-refractivity contribution is 6.32. The molecule has 5 heteroatoms. The van der Waals surface area contributed by atoms with E-state index in [0.29, 0.717) is 17.1 Å². The molecule has 4 nitrogen and oxygen atoms in total. The Kier molecular flexibility index (Phi) is 3.19. The molecule has 0 aromatic carbocycles. The van der Waals surface area contributed by atoms with Gasteiger partial charge in [0.15, 0.2) is 11.0 Å². The zero-order valence-corrected chi connectivity index (χ0v) is 10.6. The molecule has 1 aliphatic heterocycles. The van der Waals surface area contributed by atoms with Crippen LogP contribution in [0.4, 0.5) is 11.5 Å². The molecule has 1 N–H and O–H groups in total. The SMILES string of the molecule is CNc1c(Cl)ncnc1N1CCC(C)C1C. The van der Waals surface area contributed by atoms with Crippen molar-refractivity contribution >= 4 is 23.1 Å². The van der Waals surface area contributed by atoms with Crippen molar-refractivity contribution in [1.82, 2.24) is 9.97 Å². The lowest BCUT2D eigenvalue weighted by Gasteiger charge is -2.26. The summed E-state index contributed by atoms with van der Waals surface area (Å²) < 4.78 is 0. The van der Waals surface area contributed by atoms with Crippen LogP contribution in [0.25, 0.3) is 0 Å². The topological polar surface area (TPSA) is 41.1 Å². The van der Waals surface area contributed by atoms with Crippen LogP contribution in [-0.4, -0.2) is 29.6 Å². The zero-order valence-electron chi connectivity index (χ0n) is 9.87. The molecule has 16 heavy (non-hydrogen) atoms. The highest BCUT2D eigenvalue weighted by Crippen LogP contribution is 2.35. The van der Waals surface area contributed by atoms with Gasteiger partial charge in [0.1, 0.15) is 12.0 Å². The number of anilines is 2. The van der Waals surface area contributed by atoms with Crippen LogP contribution in [0.15, 0.2) is 6.33 Å². The third kappa shape index (κ3) is 1.82. The van der Waals surface area contributed by atoms with Crippen LogP contribution in [-0.2, 0) is 0 Å². The van der Waals surface area contributed by atoms with E-state index in [0.717, 1.165) is 18.1 Å². The normalized spacial score (nSPS) is 24.9. The van der Waals surface area contributed by atoms with E-state index in [1.54, 1.807) is 0 Å². The first kappa shape index (κ1) is 11.5. The maximum atomic E-state index is 6.05. The first-order valence-electron chi connectivity index (χ1n) is 5.60. The summed E-state index contributed by atoms with van der Waals surface area (Å²) in [7, 11) is 1.85. The van der Waals surface area contributed by atoms with Crippen LogP contribution in [0.3, 0.4) is 0 Å². The number of nitrogens with zero attached hydrogens (tertiary/aromatic N) is 3. The first-order valence-corrected chi connectivity index (χ1v) is 5.97. The second kappa shape index (κ2) is 4.45. The highest BCUT2D eigenvalue weighted by atomic mass is 35.5. The molecule has 2 unspecified atom stereocenters. The molecule has 1 fully saturated rings. The summed E-state index contributed by atoms with van der Waals surface area (Å²) in [4.78, 5) is 10.6. The molecule has 0 saturated carbocycles. The van der Waals surface area contributed by atoms with Gasteiger partial charge in [-0.05, 0) is 19.3 Å². The van der Waals surface area contributed by atoms with Crippen molar-refractivity contribution < 1.29 is 0 Å². The van der Waals surface area contributed by atoms with E-state index in [1.165, 1.54) is 12.7 Å². The minimum absolute atomic E-state index is 0.485. The van der Waals surface area contributed by atoms with Crippen molar-refractivity contribution in [2.75, 3.05) is 23.8 Å². The van der Waals surface area contributed by atoms with Gasteiger partial charge >= 0.3 is 0 Å². The summed E-state index contributed by atoms with van der Waals surface area (Å²) in [6.07, 6.45) is 2.72. The fourth-order valence-corrected chi connectivity index (χ4v) is 2.40. The maximum Gasteiger partial charge on any atom is 0.157 e. The van der Waals surface area contributed by atoms with Crippen molar-refractivity contribution in [3.8, 4) is 0 Å². The highest BCUT2D eigenvalue weighted by Gasteiger charge is 2.30. The Hall–Kier alpha value is -1.03. The summed E-state index contributed by atoms with van der Waals surface area (Å²) in [5.74, 6) is 1.61. The molecule has 2 atom stereocenters. The maximum absolute atomic E-state index is 6.05. The van der Waals surface area contributed by atoms with E-state index < -0.39 is 0 Å². The van der Waals surface area contributed by atoms with Crippen LogP contribution >= 0.6 is 11.6 Å². The summed E-state index contributed by atoms with van der Waals surface area (Å²) in [5.41, 5.74) is 0.824. The molecule has 1 aliphatic rings. The van der Waals surface area contributed by atoms with Gasteiger partial charge in [-0.25, -0.2) is 9.97 Å². The molecule has 0 bridgehead atoms. The van der Waals surface area contributed by atoms with Crippen LogP contribution < -0.4 is 10.2 Å². The second-order valence-corrected chi connectivity index (χ2v) is 4.67. The fourth-order valence-electron chi connectivity index (χ4n) is 2.18. The molecule has 2 rings (SSSR count). The fraction of sp³-hybridized carbons (Fsp3) is 0.636. The molecule has 88 valence electrons. The summed E-state index contributed by atoms with van der Waals surface area (Å²) in [6, 6.07) is 0.498. The average molecular weight is 241 g/mol. The first-order chi connectivity index (χ1) is 7.65. The van der Waals surface area contributed by atoms with Crippen molar-refractivity contribution in [3.63, 3.8) is 0 Å². The number of halogens is 1. The summed E-state index contributed by atoms with van der Waals surface area (Å²) in [5, 5.41) is 3.56. The average Bonchev–Trinajstić information content (AvgIpc) is 2.59. The molecule has 0 amide bonds. The Morgan fingerprint density at radius 2 is 2.19 bits per heavy atom. The monoisotopic (exact) mass is 240 g/mol. The molecular weight excluding hydrogens is 224 g/mol. The van der Waals surface area contributed by atoms with Gasteiger partial charge in [0.25, 0.3) is 0 Å². The molecule has 0 aliphatic carbocycles. The molecular formula is C11H17ClN4. The molecule has 0 spiro atoms. The van der Waals surface area contributed by atoms with E-state index in [9.17, 15) is 0 Å². The van der Waals surface area contributed by atoms with E-state index in [2.05, 4.69) is 34.0 Å². The Morgan fingerprint density at radius 3 is 2.75 bits per heavy atom. The Morgan fingerprint density at radius 1 is 1.44 bits per heavy atom. The zero-order chi connectivity index (χ0) is 11.7. The Bertz CT molecular complexity index is 382. The standard InChI is InChI=1S/C11H17ClN4/c1-7-4-5-16(8(7)2)11-9(13-3)10(12)14-6-15-11/h6-8,13H,4-5H2,1-3H3. The van der Waals surface area contributed by atoms with Gasteiger partial charge in [-0.3, -0.25) is 0 Å². The minimum atomic E-state index is 0.485. The number of hydrogen-bond acceptors (Lipinski definition) is 4. The van der Waals surface area contributed by atoms with E-state index in [1.807, 2.05) is 7.05 Å².